The van der Waals surface area contributed by atoms with Crippen molar-refractivity contribution >= 4 is 35.0 Å². The summed E-state index contributed by atoms with van der Waals surface area (Å²) in [5, 5.41) is 8.23. The lowest BCUT2D eigenvalue weighted by Crippen LogP contribution is -2.49. The van der Waals surface area contributed by atoms with Crippen LogP contribution in [0, 0.1) is 5.82 Å². The molecule has 6 nitrogen and oxygen atoms in total. The fraction of sp³-hybridized carbons (Fsp3) is 0.250. The molecule has 0 unspecified atom stereocenters. The van der Waals surface area contributed by atoms with Gasteiger partial charge in [-0.2, -0.15) is 0 Å². The molecule has 1 saturated heterocycles. The van der Waals surface area contributed by atoms with Gasteiger partial charge in [-0.15, -0.1) is 5.10 Å². The molecule has 0 saturated carbocycles. The lowest BCUT2D eigenvalue weighted by atomic mass is 10.2. The highest BCUT2D eigenvalue weighted by Crippen LogP contribution is 2.23. The number of carbonyl (C=O) groups excluding carboxylic acids is 1. The average Bonchev–Trinajstić information content (AvgIpc) is 3.22. The number of anilines is 1. The summed E-state index contributed by atoms with van der Waals surface area (Å²) in [5.74, 6) is 0.692. The maximum Gasteiger partial charge on any atom is 0.233 e. The van der Waals surface area contributed by atoms with Crippen LogP contribution in [0.15, 0.2) is 53.7 Å². The maximum absolute atomic E-state index is 13.9. The van der Waals surface area contributed by atoms with Crippen molar-refractivity contribution in [3.8, 4) is 11.4 Å². The number of halogens is 2. The Labute approximate surface area is 177 Å². The van der Waals surface area contributed by atoms with E-state index in [0.717, 1.165) is 5.56 Å². The van der Waals surface area contributed by atoms with Gasteiger partial charge in [-0.1, -0.05) is 35.5 Å². The topological polar surface area (TPSA) is 65.1 Å². The van der Waals surface area contributed by atoms with E-state index in [9.17, 15) is 9.18 Å². The minimum Gasteiger partial charge on any atom is -0.366 e. The van der Waals surface area contributed by atoms with E-state index in [2.05, 4.69) is 15.2 Å². The third kappa shape index (κ3) is 4.71. The number of nitrogens with zero attached hydrogens (tertiary/aromatic N) is 4. The Hall–Kier alpha value is -2.58. The van der Waals surface area contributed by atoms with Gasteiger partial charge < -0.3 is 9.80 Å². The van der Waals surface area contributed by atoms with Gasteiger partial charge in [-0.25, -0.2) is 9.37 Å². The number of nitrogens with one attached hydrogen (secondary N) is 1. The molecule has 150 valence electrons. The van der Waals surface area contributed by atoms with Gasteiger partial charge in [0.2, 0.25) is 11.1 Å². The molecule has 3 aromatic rings. The van der Waals surface area contributed by atoms with E-state index < -0.39 is 0 Å². The van der Waals surface area contributed by atoms with E-state index >= 15 is 0 Å². The first-order chi connectivity index (χ1) is 14.1. The summed E-state index contributed by atoms with van der Waals surface area (Å²) in [6.07, 6.45) is 0. The minimum absolute atomic E-state index is 0.0287. The van der Waals surface area contributed by atoms with E-state index in [1.807, 2.05) is 23.1 Å². The first kappa shape index (κ1) is 19.7. The van der Waals surface area contributed by atoms with Crippen LogP contribution in [-0.2, 0) is 4.79 Å². The second-order valence-corrected chi connectivity index (χ2v) is 7.96. The number of hydrogen-bond acceptors (Lipinski definition) is 5. The van der Waals surface area contributed by atoms with Crippen molar-refractivity contribution in [2.24, 2.45) is 0 Å². The Kier molecular flexibility index (Phi) is 6.01. The summed E-state index contributed by atoms with van der Waals surface area (Å²) >= 11 is 7.20. The number of rotatable bonds is 5. The monoisotopic (exact) mass is 431 g/mol. The average molecular weight is 432 g/mol. The first-order valence-corrected chi connectivity index (χ1v) is 10.5. The number of benzene rings is 2. The van der Waals surface area contributed by atoms with Gasteiger partial charge in [-0.05, 0) is 36.4 Å². The van der Waals surface area contributed by atoms with E-state index in [1.54, 1.807) is 29.2 Å². The van der Waals surface area contributed by atoms with Crippen molar-refractivity contribution in [3.63, 3.8) is 0 Å². The Balaban J connectivity index is 1.29. The lowest BCUT2D eigenvalue weighted by molar-refractivity contribution is -0.128. The molecule has 0 radical (unpaired) electrons. The number of carbonyl (C=O) groups is 1. The Morgan fingerprint density at radius 1 is 1.10 bits per heavy atom. The zero-order valence-corrected chi connectivity index (χ0v) is 17.1. The highest BCUT2D eigenvalue weighted by molar-refractivity contribution is 7.99. The summed E-state index contributed by atoms with van der Waals surface area (Å²) in [5.41, 5.74) is 1.47. The number of thioether (sulfide) groups is 1. The number of para-hydroxylation sites is 1. The van der Waals surface area contributed by atoms with Crippen molar-refractivity contribution < 1.29 is 9.18 Å². The summed E-state index contributed by atoms with van der Waals surface area (Å²) in [7, 11) is 0. The molecule has 1 aliphatic rings. The number of hydrogen-bond donors (Lipinski definition) is 1. The number of piperazine rings is 1. The van der Waals surface area contributed by atoms with Crippen LogP contribution in [0.1, 0.15) is 0 Å². The molecular formula is C20H19ClFN5OS. The third-order valence-electron chi connectivity index (χ3n) is 4.73. The quantitative estimate of drug-likeness (QED) is 0.624. The fourth-order valence-electron chi connectivity index (χ4n) is 3.17. The molecule has 2 heterocycles. The molecule has 1 fully saturated rings. The zero-order valence-electron chi connectivity index (χ0n) is 15.5. The minimum atomic E-state index is -0.232. The molecule has 0 aliphatic carbocycles. The summed E-state index contributed by atoms with van der Waals surface area (Å²) in [6.45, 7) is 2.35. The van der Waals surface area contributed by atoms with Gasteiger partial charge in [0.1, 0.15) is 5.82 Å². The molecule has 0 atom stereocenters. The molecule has 0 bridgehead atoms. The van der Waals surface area contributed by atoms with Crippen LogP contribution in [0.2, 0.25) is 5.02 Å². The smallest absolute Gasteiger partial charge is 0.233 e. The van der Waals surface area contributed by atoms with Crippen LogP contribution < -0.4 is 4.90 Å². The second kappa shape index (κ2) is 8.84. The van der Waals surface area contributed by atoms with Crippen LogP contribution in [-0.4, -0.2) is 57.9 Å². The van der Waals surface area contributed by atoms with Crippen molar-refractivity contribution in [2.45, 2.75) is 5.16 Å². The van der Waals surface area contributed by atoms with Crippen LogP contribution in [0.5, 0.6) is 0 Å². The number of amides is 1. The summed E-state index contributed by atoms with van der Waals surface area (Å²) in [6, 6.07) is 14.0. The van der Waals surface area contributed by atoms with E-state index in [4.69, 9.17) is 11.6 Å². The largest absolute Gasteiger partial charge is 0.366 e. The molecule has 4 rings (SSSR count). The van der Waals surface area contributed by atoms with Gasteiger partial charge in [0, 0.05) is 36.8 Å². The van der Waals surface area contributed by atoms with E-state index in [-0.39, 0.29) is 17.5 Å². The molecule has 2 aromatic carbocycles. The molecular weight excluding hydrogens is 413 g/mol. The van der Waals surface area contributed by atoms with E-state index in [0.29, 0.717) is 47.9 Å². The Bertz CT molecular complexity index is 989. The molecule has 1 aliphatic heterocycles. The Morgan fingerprint density at radius 2 is 1.83 bits per heavy atom. The van der Waals surface area contributed by atoms with Crippen LogP contribution in [0.4, 0.5) is 10.1 Å². The highest BCUT2D eigenvalue weighted by atomic mass is 35.5. The maximum atomic E-state index is 13.9. The molecule has 1 aromatic heterocycles. The SMILES string of the molecule is O=C(CSc1n[nH]c(-c2ccc(Cl)cc2)n1)N1CCN(c2ccccc2F)CC1. The van der Waals surface area contributed by atoms with Gasteiger partial charge in [0.15, 0.2) is 5.82 Å². The molecule has 29 heavy (non-hydrogen) atoms. The molecule has 1 amide bonds. The van der Waals surface area contributed by atoms with Crippen molar-refractivity contribution in [2.75, 3.05) is 36.8 Å². The predicted molar refractivity (Wildman–Crippen MR) is 113 cm³/mol. The van der Waals surface area contributed by atoms with E-state index in [1.165, 1.54) is 17.8 Å². The predicted octanol–water partition coefficient (Wildman–Crippen LogP) is 3.71. The van der Waals surface area contributed by atoms with Crippen molar-refractivity contribution in [1.29, 1.82) is 0 Å². The lowest BCUT2D eigenvalue weighted by Gasteiger charge is -2.36. The van der Waals surface area contributed by atoms with Crippen molar-refractivity contribution in [3.05, 3.63) is 59.4 Å². The number of aromatic amines is 1. The Morgan fingerprint density at radius 3 is 2.55 bits per heavy atom. The number of H-pyrrole nitrogens is 1. The summed E-state index contributed by atoms with van der Waals surface area (Å²) < 4.78 is 13.9. The van der Waals surface area contributed by atoms with Gasteiger partial charge >= 0.3 is 0 Å². The molecule has 0 spiro atoms. The number of aromatic nitrogens is 3. The first-order valence-electron chi connectivity index (χ1n) is 9.18. The fourth-order valence-corrected chi connectivity index (χ4v) is 4.00. The third-order valence-corrected chi connectivity index (χ3v) is 5.82. The zero-order chi connectivity index (χ0) is 20.2. The van der Waals surface area contributed by atoms with Gasteiger partial charge in [-0.3, -0.25) is 9.89 Å². The van der Waals surface area contributed by atoms with Gasteiger partial charge in [0.05, 0.1) is 11.4 Å². The van der Waals surface area contributed by atoms with Crippen molar-refractivity contribution in [1.82, 2.24) is 20.1 Å². The summed E-state index contributed by atoms with van der Waals surface area (Å²) in [4.78, 5) is 20.7. The van der Waals surface area contributed by atoms with Crippen LogP contribution in [0.3, 0.4) is 0 Å². The van der Waals surface area contributed by atoms with Crippen LogP contribution >= 0.6 is 23.4 Å². The second-order valence-electron chi connectivity index (χ2n) is 6.58. The highest BCUT2D eigenvalue weighted by Gasteiger charge is 2.23. The molecule has 1 N–H and O–H groups in total. The molecule has 9 heteroatoms. The normalized spacial score (nSPS) is 14.3. The van der Waals surface area contributed by atoms with Crippen LogP contribution in [0.25, 0.3) is 11.4 Å². The standard InChI is InChI=1S/C20H19ClFN5OS/c21-15-7-5-14(6-8-15)19-23-20(25-24-19)29-13-18(28)27-11-9-26(10-12-27)17-4-2-1-3-16(17)22/h1-8H,9-13H2,(H,23,24,25). The van der Waals surface area contributed by atoms with Gasteiger partial charge in [0.25, 0.3) is 0 Å².